The minimum atomic E-state index is -0.888. The van der Waals surface area contributed by atoms with E-state index in [4.69, 9.17) is 25.9 Å². The highest BCUT2D eigenvalue weighted by Gasteiger charge is 2.38. The minimum absolute atomic E-state index is 0.0666. The Morgan fingerprint density at radius 2 is 1.74 bits per heavy atom. The molecule has 1 aliphatic heterocycles. The lowest BCUT2D eigenvalue weighted by Gasteiger charge is -2.17. The molecule has 31 heavy (non-hydrogen) atoms. The molecule has 2 aromatic carbocycles. The van der Waals surface area contributed by atoms with Gasteiger partial charge in [0, 0.05) is 6.07 Å². The Balaban J connectivity index is 1.89. The number of esters is 1. The van der Waals surface area contributed by atoms with Crippen LogP contribution in [-0.4, -0.2) is 43.3 Å². The maximum Gasteiger partial charge on any atom is 0.359 e. The number of nitrogens with zero attached hydrogens (tertiary/aromatic N) is 2. The molecule has 0 bridgehead atoms. The van der Waals surface area contributed by atoms with Gasteiger partial charge in [-0.2, -0.15) is 0 Å². The van der Waals surface area contributed by atoms with Gasteiger partial charge in [0.05, 0.1) is 28.4 Å². The first-order chi connectivity index (χ1) is 14.9. The van der Waals surface area contributed by atoms with Gasteiger partial charge in [-0.05, 0) is 32.0 Å². The summed E-state index contributed by atoms with van der Waals surface area (Å²) in [6, 6.07) is 8.21. The summed E-state index contributed by atoms with van der Waals surface area (Å²) in [6.45, 7) is 3.24. The van der Waals surface area contributed by atoms with Crippen LogP contribution in [0.1, 0.15) is 34.6 Å². The van der Waals surface area contributed by atoms with E-state index < -0.39 is 30.2 Å². The molecule has 0 aromatic heterocycles. The highest BCUT2D eigenvalue weighted by Crippen LogP contribution is 2.36. The van der Waals surface area contributed by atoms with Gasteiger partial charge < -0.3 is 14.3 Å². The molecule has 0 spiro atoms. The molecule has 0 fully saturated rings. The molecule has 0 saturated heterocycles. The lowest BCUT2D eigenvalue weighted by molar-refractivity contribution is -0.135. The van der Waals surface area contributed by atoms with Crippen molar-refractivity contribution < 1.29 is 33.1 Å². The summed E-state index contributed by atoms with van der Waals surface area (Å²) in [5.41, 5.74) is -0.174. The zero-order valence-corrected chi connectivity index (χ0v) is 17.4. The van der Waals surface area contributed by atoms with E-state index in [1.54, 1.807) is 26.0 Å². The molecule has 162 valence electrons. The van der Waals surface area contributed by atoms with Crippen LogP contribution < -0.4 is 9.64 Å². The standard InChI is InChI=1S/C21H18ClFN2O6/c1-3-29-21(28)16(24-31-4-2)11-30-18-10-17(15(23)9-14(18)22)25-19(26)12-7-5-6-8-13(12)20(25)27/h5-10H,3-4,11H2,1-2H3. The van der Waals surface area contributed by atoms with Crippen LogP contribution in [0, 0.1) is 5.82 Å². The van der Waals surface area contributed by atoms with E-state index in [2.05, 4.69) is 5.16 Å². The van der Waals surface area contributed by atoms with Gasteiger partial charge in [0.15, 0.2) is 0 Å². The van der Waals surface area contributed by atoms with E-state index in [0.717, 1.165) is 12.1 Å². The number of halogens is 2. The van der Waals surface area contributed by atoms with Gasteiger partial charge in [-0.25, -0.2) is 14.1 Å². The second-order valence-electron chi connectivity index (χ2n) is 6.19. The lowest BCUT2D eigenvalue weighted by atomic mass is 10.1. The number of fused-ring (bicyclic) bond motifs is 1. The topological polar surface area (TPSA) is 94.5 Å². The third kappa shape index (κ3) is 4.51. The number of hydrogen-bond acceptors (Lipinski definition) is 7. The van der Waals surface area contributed by atoms with E-state index in [9.17, 15) is 18.8 Å². The highest BCUT2D eigenvalue weighted by atomic mass is 35.5. The van der Waals surface area contributed by atoms with E-state index in [-0.39, 0.29) is 46.5 Å². The Hall–Kier alpha value is -3.46. The molecule has 1 aliphatic rings. The Labute approximate surface area is 182 Å². The predicted octanol–water partition coefficient (Wildman–Crippen LogP) is 3.61. The van der Waals surface area contributed by atoms with Crippen molar-refractivity contribution >= 4 is 40.8 Å². The summed E-state index contributed by atoms with van der Waals surface area (Å²) < 4.78 is 25.0. The summed E-state index contributed by atoms with van der Waals surface area (Å²) in [5, 5.41) is 3.53. The maximum atomic E-state index is 14.6. The van der Waals surface area contributed by atoms with Crippen LogP contribution in [-0.2, 0) is 14.4 Å². The fourth-order valence-electron chi connectivity index (χ4n) is 2.83. The number of anilines is 1. The predicted molar refractivity (Wildman–Crippen MR) is 110 cm³/mol. The van der Waals surface area contributed by atoms with Crippen molar-refractivity contribution in [1.29, 1.82) is 0 Å². The van der Waals surface area contributed by atoms with Gasteiger partial charge in [0.1, 0.15) is 24.8 Å². The lowest BCUT2D eigenvalue weighted by Crippen LogP contribution is -2.30. The molecule has 0 atom stereocenters. The Morgan fingerprint density at radius 3 is 2.32 bits per heavy atom. The third-order valence-corrected chi connectivity index (χ3v) is 4.51. The smallest absolute Gasteiger partial charge is 0.359 e. The van der Waals surface area contributed by atoms with Crippen LogP contribution in [0.25, 0.3) is 0 Å². The second kappa shape index (κ2) is 9.57. The van der Waals surface area contributed by atoms with E-state index in [0.29, 0.717) is 4.90 Å². The third-order valence-electron chi connectivity index (χ3n) is 4.22. The van der Waals surface area contributed by atoms with Crippen molar-refractivity contribution in [2.24, 2.45) is 5.16 Å². The normalized spacial score (nSPS) is 13.3. The SMILES string of the molecule is CCON=C(COc1cc(N2C(=O)c3ccccc3C2=O)c(F)cc1Cl)C(=O)OCC. The van der Waals surface area contributed by atoms with Crippen molar-refractivity contribution in [1.82, 2.24) is 0 Å². The molecule has 10 heteroatoms. The van der Waals surface area contributed by atoms with Crippen LogP contribution in [0.3, 0.4) is 0 Å². The van der Waals surface area contributed by atoms with Crippen LogP contribution in [0.5, 0.6) is 5.75 Å². The van der Waals surface area contributed by atoms with Crippen molar-refractivity contribution in [3.05, 3.63) is 58.4 Å². The molecule has 0 unspecified atom stereocenters. The number of hydrogen-bond donors (Lipinski definition) is 0. The Kier molecular flexibility index (Phi) is 6.86. The monoisotopic (exact) mass is 448 g/mol. The van der Waals surface area contributed by atoms with Gasteiger partial charge in [-0.15, -0.1) is 0 Å². The first kappa shape index (κ1) is 22.2. The van der Waals surface area contributed by atoms with Gasteiger partial charge in [0.2, 0.25) is 5.71 Å². The minimum Gasteiger partial charge on any atom is -0.485 e. The van der Waals surface area contributed by atoms with Crippen molar-refractivity contribution in [3.8, 4) is 5.75 Å². The van der Waals surface area contributed by atoms with Crippen LogP contribution in [0.15, 0.2) is 41.6 Å². The number of carbonyl (C=O) groups is 3. The molecule has 0 aliphatic carbocycles. The van der Waals surface area contributed by atoms with Crippen molar-refractivity contribution in [2.75, 3.05) is 24.7 Å². The summed E-state index contributed by atoms with van der Waals surface area (Å²) in [4.78, 5) is 42.9. The molecule has 3 rings (SSSR count). The van der Waals surface area contributed by atoms with Crippen molar-refractivity contribution in [2.45, 2.75) is 13.8 Å². The number of amides is 2. The first-order valence-corrected chi connectivity index (χ1v) is 9.72. The summed E-state index contributed by atoms with van der Waals surface area (Å²) in [5.74, 6) is -3.05. The quantitative estimate of drug-likeness (QED) is 0.265. The molecular weight excluding hydrogens is 431 g/mol. The number of rotatable bonds is 8. The van der Waals surface area contributed by atoms with Gasteiger partial charge in [-0.1, -0.05) is 28.9 Å². The number of carbonyl (C=O) groups excluding carboxylic acids is 3. The summed E-state index contributed by atoms with van der Waals surface area (Å²) in [7, 11) is 0. The molecule has 0 saturated carbocycles. The Morgan fingerprint density at radius 1 is 1.10 bits per heavy atom. The largest absolute Gasteiger partial charge is 0.485 e. The van der Waals surface area contributed by atoms with Gasteiger partial charge in [0.25, 0.3) is 11.8 Å². The van der Waals surface area contributed by atoms with Gasteiger partial charge in [-0.3, -0.25) is 9.59 Å². The molecule has 0 radical (unpaired) electrons. The zero-order chi connectivity index (χ0) is 22.5. The number of oxime groups is 1. The molecule has 0 N–H and O–H groups in total. The molecule has 8 nitrogen and oxygen atoms in total. The molecular formula is C21H18ClFN2O6. The van der Waals surface area contributed by atoms with E-state index >= 15 is 0 Å². The summed E-state index contributed by atoms with van der Waals surface area (Å²) >= 11 is 6.06. The fraction of sp³-hybridized carbons (Fsp3) is 0.238. The number of ether oxygens (including phenoxy) is 2. The molecule has 1 heterocycles. The molecule has 2 amide bonds. The van der Waals surface area contributed by atoms with Gasteiger partial charge >= 0.3 is 5.97 Å². The molecule has 2 aromatic rings. The van der Waals surface area contributed by atoms with Crippen LogP contribution in [0.2, 0.25) is 5.02 Å². The van der Waals surface area contributed by atoms with E-state index in [1.807, 2.05) is 0 Å². The first-order valence-electron chi connectivity index (χ1n) is 9.34. The number of benzene rings is 2. The van der Waals surface area contributed by atoms with Crippen LogP contribution in [0.4, 0.5) is 10.1 Å². The number of imide groups is 1. The Bertz CT molecular complexity index is 1040. The summed E-state index contributed by atoms with van der Waals surface area (Å²) in [6.07, 6.45) is 0. The fourth-order valence-corrected chi connectivity index (χ4v) is 3.04. The van der Waals surface area contributed by atoms with E-state index in [1.165, 1.54) is 12.1 Å². The maximum absolute atomic E-state index is 14.6. The average molecular weight is 449 g/mol. The second-order valence-corrected chi connectivity index (χ2v) is 6.60. The average Bonchev–Trinajstić information content (AvgIpc) is 3.00. The van der Waals surface area contributed by atoms with Crippen molar-refractivity contribution in [3.63, 3.8) is 0 Å². The highest BCUT2D eigenvalue weighted by molar-refractivity contribution is 6.37. The van der Waals surface area contributed by atoms with Crippen LogP contribution >= 0.6 is 11.6 Å². The zero-order valence-electron chi connectivity index (χ0n) is 16.7.